The predicted molar refractivity (Wildman–Crippen MR) is 90.6 cm³/mol. The molecule has 0 bridgehead atoms. The third-order valence-electron chi connectivity index (χ3n) is 3.89. The van der Waals surface area contributed by atoms with Gasteiger partial charge in [-0.2, -0.15) is 0 Å². The van der Waals surface area contributed by atoms with Crippen molar-refractivity contribution < 1.29 is 4.79 Å². The van der Waals surface area contributed by atoms with Crippen molar-refractivity contribution in [3.8, 4) is 0 Å². The molecule has 0 fully saturated rings. The molecular formula is C17H17N3OS. The Labute approximate surface area is 133 Å². The molecule has 3 aromatic rings. The van der Waals surface area contributed by atoms with Gasteiger partial charge in [0.15, 0.2) is 0 Å². The number of carbonyl (C=O) groups excluding carboxylic acids is 1. The molecule has 0 unspecified atom stereocenters. The van der Waals surface area contributed by atoms with Gasteiger partial charge in [-0.25, -0.2) is 0 Å². The molecule has 22 heavy (non-hydrogen) atoms. The van der Waals surface area contributed by atoms with Gasteiger partial charge >= 0.3 is 0 Å². The summed E-state index contributed by atoms with van der Waals surface area (Å²) in [6.07, 6.45) is 1.71. The van der Waals surface area contributed by atoms with Crippen LogP contribution in [0.25, 0.3) is 10.9 Å². The highest BCUT2D eigenvalue weighted by Gasteiger charge is 2.08. The Morgan fingerprint density at radius 1 is 1.27 bits per heavy atom. The number of nitrogens with one attached hydrogen (secondary N) is 3. The number of aromatic amines is 2. The number of aryl methyl sites for hydroxylation is 2. The van der Waals surface area contributed by atoms with Crippen LogP contribution in [0.1, 0.15) is 27.2 Å². The van der Waals surface area contributed by atoms with Crippen molar-refractivity contribution in [3.63, 3.8) is 0 Å². The zero-order valence-electron chi connectivity index (χ0n) is 12.5. The maximum atomic E-state index is 12.2. The fourth-order valence-electron chi connectivity index (χ4n) is 2.50. The molecule has 112 valence electrons. The monoisotopic (exact) mass is 311 g/mol. The smallest absolute Gasteiger partial charge is 0.254 e. The Hall–Kier alpha value is -2.40. The number of carbonyl (C=O) groups is 1. The number of hydrogen-bond donors (Lipinski definition) is 3. The first-order valence-electron chi connectivity index (χ1n) is 7.10. The molecule has 0 saturated heterocycles. The van der Waals surface area contributed by atoms with E-state index in [-0.39, 0.29) is 5.91 Å². The fraction of sp³-hybridized carbons (Fsp3) is 0.176. The highest BCUT2D eigenvalue weighted by molar-refractivity contribution is 7.71. The largest absolute Gasteiger partial charge is 0.358 e. The molecule has 0 aliphatic heterocycles. The molecule has 0 radical (unpaired) electrons. The zero-order valence-corrected chi connectivity index (χ0v) is 13.3. The second-order valence-corrected chi connectivity index (χ2v) is 5.76. The Bertz CT molecular complexity index is 908. The number of pyridine rings is 1. The minimum Gasteiger partial charge on any atom is -0.358 e. The van der Waals surface area contributed by atoms with E-state index in [0.29, 0.717) is 16.7 Å². The molecule has 1 aromatic carbocycles. The molecule has 3 rings (SSSR count). The van der Waals surface area contributed by atoms with E-state index in [4.69, 9.17) is 12.2 Å². The van der Waals surface area contributed by atoms with Crippen molar-refractivity contribution in [2.24, 2.45) is 0 Å². The van der Waals surface area contributed by atoms with Crippen LogP contribution in [0.4, 0.5) is 0 Å². The molecular weight excluding hydrogens is 294 g/mol. The first-order chi connectivity index (χ1) is 10.6. The molecule has 2 heterocycles. The summed E-state index contributed by atoms with van der Waals surface area (Å²) in [6, 6.07) is 9.66. The Balaban J connectivity index is 1.79. The van der Waals surface area contributed by atoms with Crippen LogP contribution in [-0.2, 0) is 6.54 Å². The second-order valence-electron chi connectivity index (χ2n) is 5.35. The molecule has 1 amide bonds. The Kier molecular flexibility index (Phi) is 3.81. The SMILES string of the molecule is Cc1[nH]c2ccc(CNC(=O)c3ccc[nH]c3=S)cc2c1C. The average Bonchev–Trinajstić information content (AvgIpc) is 2.80. The van der Waals surface area contributed by atoms with Crippen LogP contribution >= 0.6 is 12.2 Å². The third-order valence-corrected chi connectivity index (χ3v) is 4.23. The van der Waals surface area contributed by atoms with Gasteiger partial charge in [-0.1, -0.05) is 18.3 Å². The zero-order chi connectivity index (χ0) is 15.7. The first kappa shape index (κ1) is 14.5. The van der Waals surface area contributed by atoms with Gasteiger partial charge in [0.25, 0.3) is 5.91 Å². The lowest BCUT2D eigenvalue weighted by Crippen LogP contribution is -2.23. The van der Waals surface area contributed by atoms with Crippen molar-refractivity contribution in [1.82, 2.24) is 15.3 Å². The lowest BCUT2D eigenvalue weighted by molar-refractivity contribution is 0.0950. The van der Waals surface area contributed by atoms with E-state index in [1.54, 1.807) is 18.3 Å². The Morgan fingerprint density at radius 2 is 2.09 bits per heavy atom. The van der Waals surface area contributed by atoms with Crippen molar-refractivity contribution in [2.75, 3.05) is 0 Å². The number of aromatic nitrogens is 2. The summed E-state index contributed by atoms with van der Waals surface area (Å²) >= 11 is 5.12. The third kappa shape index (κ3) is 2.67. The van der Waals surface area contributed by atoms with Crippen molar-refractivity contribution in [1.29, 1.82) is 0 Å². The molecule has 0 aliphatic rings. The second kappa shape index (κ2) is 5.77. The Morgan fingerprint density at radius 3 is 2.86 bits per heavy atom. The molecule has 0 aliphatic carbocycles. The average molecular weight is 311 g/mol. The van der Waals surface area contributed by atoms with Crippen molar-refractivity contribution in [2.45, 2.75) is 20.4 Å². The summed E-state index contributed by atoms with van der Waals surface area (Å²) < 4.78 is 0.451. The van der Waals surface area contributed by atoms with Gasteiger partial charge < -0.3 is 15.3 Å². The van der Waals surface area contributed by atoms with Gasteiger partial charge in [0.1, 0.15) is 4.64 Å². The van der Waals surface area contributed by atoms with Gasteiger partial charge in [-0.3, -0.25) is 4.79 Å². The fourth-order valence-corrected chi connectivity index (χ4v) is 2.73. The predicted octanol–water partition coefficient (Wildman–Crippen LogP) is 3.77. The molecule has 2 aromatic heterocycles. The summed E-state index contributed by atoms with van der Waals surface area (Å²) in [5.74, 6) is -0.163. The maximum absolute atomic E-state index is 12.2. The first-order valence-corrected chi connectivity index (χ1v) is 7.51. The van der Waals surface area contributed by atoms with E-state index in [0.717, 1.165) is 11.1 Å². The quantitative estimate of drug-likeness (QED) is 0.645. The number of benzene rings is 1. The number of amides is 1. The van der Waals surface area contributed by atoms with E-state index in [1.165, 1.54) is 16.6 Å². The minimum atomic E-state index is -0.163. The van der Waals surface area contributed by atoms with Gasteiger partial charge in [-0.15, -0.1) is 0 Å². The number of H-pyrrole nitrogens is 2. The number of rotatable bonds is 3. The molecule has 0 saturated carbocycles. The van der Waals surface area contributed by atoms with E-state index < -0.39 is 0 Å². The molecule has 0 spiro atoms. The van der Waals surface area contributed by atoms with E-state index in [1.807, 2.05) is 12.1 Å². The summed E-state index contributed by atoms with van der Waals surface area (Å²) in [5, 5.41) is 4.11. The standard InChI is InChI=1S/C17H17N3OS/c1-10-11(2)20-15-6-5-12(8-14(10)15)9-19-16(21)13-4-3-7-18-17(13)22/h3-8,20H,9H2,1-2H3,(H,18,22)(H,19,21). The van der Waals surface area contributed by atoms with Crippen LogP contribution in [-0.4, -0.2) is 15.9 Å². The molecule has 3 N–H and O–H groups in total. The van der Waals surface area contributed by atoms with Crippen LogP contribution in [0.5, 0.6) is 0 Å². The maximum Gasteiger partial charge on any atom is 0.254 e. The summed E-state index contributed by atoms with van der Waals surface area (Å²) in [4.78, 5) is 18.4. The highest BCUT2D eigenvalue weighted by atomic mass is 32.1. The lowest BCUT2D eigenvalue weighted by Gasteiger charge is -2.06. The lowest BCUT2D eigenvalue weighted by atomic mass is 10.1. The number of hydrogen-bond acceptors (Lipinski definition) is 2. The van der Waals surface area contributed by atoms with Crippen LogP contribution in [0.2, 0.25) is 0 Å². The van der Waals surface area contributed by atoms with E-state index in [9.17, 15) is 4.79 Å². The van der Waals surface area contributed by atoms with Gasteiger partial charge in [-0.05, 0) is 49.2 Å². The van der Waals surface area contributed by atoms with Gasteiger partial charge in [0, 0.05) is 29.3 Å². The van der Waals surface area contributed by atoms with Gasteiger partial charge in [0.05, 0.1) is 5.56 Å². The molecule has 0 atom stereocenters. The summed E-state index contributed by atoms with van der Waals surface area (Å²) in [7, 11) is 0. The number of fused-ring (bicyclic) bond motifs is 1. The van der Waals surface area contributed by atoms with Crippen LogP contribution in [0, 0.1) is 18.5 Å². The molecule has 4 nitrogen and oxygen atoms in total. The summed E-state index contributed by atoms with van der Waals surface area (Å²) in [5.41, 5.74) is 5.09. The highest BCUT2D eigenvalue weighted by Crippen LogP contribution is 2.22. The normalized spacial score (nSPS) is 10.8. The molecule has 5 heteroatoms. The van der Waals surface area contributed by atoms with Crippen LogP contribution < -0.4 is 5.32 Å². The summed E-state index contributed by atoms with van der Waals surface area (Å²) in [6.45, 7) is 4.63. The van der Waals surface area contributed by atoms with Gasteiger partial charge in [0.2, 0.25) is 0 Å². The van der Waals surface area contributed by atoms with Crippen LogP contribution in [0.15, 0.2) is 36.5 Å². The van der Waals surface area contributed by atoms with Crippen molar-refractivity contribution >= 4 is 29.0 Å². The van der Waals surface area contributed by atoms with Crippen LogP contribution in [0.3, 0.4) is 0 Å². The van der Waals surface area contributed by atoms with E-state index in [2.05, 4.69) is 35.2 Å². The van der Waals surface area contributed by atoms with Crippen molar-refractivity contribution in [3.05, 3.63) is 63.6 Å². The topological polar surface area (TPSA) is 60.7 Å². The van der Waals surface area contributed by atoms with E-state index >= 15 is 0 Å². The minimum absolute atomic E-state index is 0.163.